The molecule has 0 spiro atoms. The van der Waals surface area contributed by atoms with E-state index >= 15 is 0 Å². The molecule has 1 aromatic rings. The summed E-state index contributed by atoms with van der Waals surface area (Å²) < 4.78 is 4.97. The molecule has 0 aliphatic rings. The standard InChI is InChI=1S/C11H13N3O2/c1-7(8(5-12)6-13)9-4-10(16-14-9)11(2,3)15/h4,7-8,15H,1-3H3. The lowest BCUT2D eigenvalue weighted by atomic mass is 9.93. The SMILES string of the molecule is CC(c1cc(C(C)(C)O)on1)C(C#N)C#N. The zero-order chi connectivity index (χ0) is 12.3. The average Bonchev–Trinajstić information content (AvgIpc) is 2.67. The summed E-state index contributed by atoms with van der Waals surface area (Å²) in [5.41, 5.74) is -0.607. The number of hydrogen-bond donors (Lipinski definition) is 1. The molecule has 16 heavy (non-hydrogen) atoms. The highest BCUT2D eigenvalue weighted by Gasteiger charge is 2.26. The molecular weight excluding hydrogens is 206 g/mol. The van der Waals surface area contributed by atoms with E-state index in [2.05, 4.69) is 5.16 Å². The predicted molar refractivity (Wildman–Crippen MR) is 54.9 cm³/mol. The van der Waals surface area contributed by atoms with Gasteiger partial charge < -0.3 is 9.63 Å². The molecule has 1 aromatic heterocycles. The van der Waals surface area contributed by atoms with E-state index in [1.165, 1.54) is 0 Å². The maximum atomic E-state index is 9.67. The van der Waals surface area contributed by atoms with Crippen LogP contribution in [0.25, 0.3) is 0 Å². The van der Waals surface area contributed by atoms with Gasteiger partial charge in [0.2, 0.25) is 0 Å². The van der Waals surface area contributed by atoms with Gasteiger partial charge in [-0.15, -0.1) is 0 Å². The molecule has 0 aliphatic heterocycles. The first-order chi connectivity index (χ1) is 7.40. The first kappa shape index (κ1) is 12.2. The van der Waals surface area contributed by atoms with E-state index in [1.807, 2.05) is 12.1 Å². The van der Waals surface area contributed by atoms with E-state index in [9.17, 15) is 5.11 Å². The Kier molecular flexibility index (Phi) is 3.31. The van der Waals surface area contributed by atoms with Crippen molar-refractivity contribution in [2.45, 2.75) is 32.3 Å². The molecular formula is C11H13N3O2. The Morgan fingerprint density at radius 1 is 1.44 bits per heavy atom. The van der Waals surface area contributed by atoms with Crippen LogP contribution in [0.5, 0.6) is 0 Å². The molecule has 0 radical (unpaired) electrons. The summed E-state index contributed by atoms with van der Waals surface area (Å²) in [6.45, 7) is 4.88. The fraction of sp³-hybridized carbons (Fsp3) is 0.545. The molecule has 1 rings (SSSR count). The quantitative estimate of drug-likeness (QED) is 0.834. The Bertz CT molecular complexity index is 431. The molecule has 1 N–H and O–H groups in total. The number of nitrogens with zero attached hydrogens (tertiary/aromatic N) is 3. The second-order valence-electron chi connectivity index (χ2n) is 4.20. The minimum Gasteiger partial charge on any atom is -0.382 e. The Morgan fingerprint density at radius 3 is 2.38 bits per heavy atom. The van der Waals surface area contributed by atoms with Crippen molar-refractivity contribution in [1.82, 2.24) is 5.16 Å². The fourth-order valence-corrected chi connectivity index (χ4v) is 1.22. The minimum absolute atomic E-state index is 0.323. The Morgan fingerprint density at radius 2 is 2.00 bits per heavy atom. The molecule has 0 bridgehead atoms. The third kappa shape index (κ3) is 2.39. The molecule has 84 valence electrons. The highest BCUT2D eigenvalue weighted by atomic mass is 16.5. The van der Waals surface area contributed by atoms with Crippen molar-refractivity contribution >= 4 is 0 Å². The lowest BCUT2D eigenvalue weighted by Crippen LogP contribution is -2.14. The first-order valence-electron chi connectivity index (χ1n) is 4.89. The normalized spacial score (nSPS) is 13.2. The van der Waals surface area contributed by atoms with Crippen molar-refractivity contribution in [2.75, 3.05) is 0 Å². The number of nitriles is 2. The maximum Gasteiger partial charge on any atom is 0.167 e. The fourth-order valence-electron chi connectivity index (χ4n) is 1.22. The van der Waals surface area contributed by atoms with E-state index in [0.29, 0.717) is 11.5 Å². The highest BCUT2D eigenvalue weighted by molar-refractivity contribution is 5.19. The van der Waals surface area contributed by atoms with Crippen molar-refractivity contribution < 1.29 is 9.63 Å². The van der Waals surface area contributed by atoms with Gasteiger partial charge in [-0.3, -0.25) is 0 Å². The second kappa shape index (κ2) is 4.34. The molecule has 0 saturated carbocycles. The van der Waals surface area contributed by atoms with Crippen LogP contribution in [0.3, 0.4) is 0 Å². The number of aromatic nitrogens is 1. The molecule has 5 heteroatoms. The van der Waals surface area contributed by atoms with Crippen molar-refractivity contribution in [3.8, 4) is 12.1 Å². The molecule has 0 aromatic carbocycles. The number of aliphatic hydroxyl groups is 1. The molecule has 0 saturated heterocycles. The molecule has 0 amide bonds. The van der Waals surface area contributed by atoms with Gasteiger partial charge in [0.1, 0.15) is 11.5 Å². The van der Waals surface area contributed by atoms with Crippen LogP contribution in [0.4, 0.5) is 0 Å². The molecule has 5 nitrogen and oxygen atoms in total. The molecule has 1 unspecified atom stereocenters. The zero-order valence-electron chi connectivity index (χ0n) is 9.43. The summed E-state index contributed by atoms with van der Waals surface area (Å²) in [5.74, 6) is -0.779. The average molecular weight is 219 g/mol. The summed E-state index contributed by atoms with van der Waals surface area (Å²) >= 11 is 0. The Hall–Kier alpha value is -1.85. The van der Waals surface area contributed by atoms with Gasteiger partial charge in [0.25, 0.3) is 0 Å². The summed E-state index contributed by atoms with van der Waals surface area (Å²) in [4.78, 5) is 0. The van der Waals surface area contributed by atoms with E-state index in [-0.39, 0.29) is 5.92 Å². The number of hydrogen-bond acceptors (Lipinski definition) is 5. The van der Waals surface area contributed by atoms with Crippen molar-refractivity contribution in [3.05, 3.63) is 17.5 Å². The van der Waals surface area contributed by atoms with Crippen LogP contribution in [-0.4, -0.2) is 10.3 Å². The van der Waals surface area contributed by atoms with Gasteiger partial charge in [-0.05, 0) is 13.8 Å². The van der Waals surface area contributed by atoms with Gasteiger partial charge in [0, 0.05) is 12.0 Å². The third-order valence-corrected chi connectivity index (χ3v) is 2.38. The highest BCUT2D eigenvalue weighted by Crippen LogP contribution is 2.27. The van der Waals surface area contributed by atoms with Crippen LogP contribution >= 0.6 is 0 Å². The summed E-state index contributed by atoms with van der Waals surface area (Å²) in [6.07, 6.45) is 0. The Labute approximate surface area is 93.9 Å². The summed E-state index contributed by atoms with van der Waals surface area (Å²) in [6, 6.07) is 5.36. The first-order valence-corrected chi connectivity index (χ1v) is 4.89. The van der Waals surface area contributed by atoms with E-state index in [4.69, 9.17) is 15.0 Å². The predicted octanol–water partition coefficient (Wildman–Crippen LogP) is 1.67. The topological polar surface area (TPSA) is 93.8 Å². The van der Waals surface area contributed by atoms with Crippen molar-refractivity contribution in [2.24, 2.45) is 5.92 Å². The monoisotopic (exact) mass is 219 g/mol. The van der Waals surface area contributed by atoms with Crippen LogP contribution in [0.2, 0.25) is 0 Å². The van der Waals surface area contributed by atoms with Gasteiger partial charge in [0.05, 0.1) is 17.8 Å². The molecule has 1 heterocycles. The Balaban J connectivity index is 2.96. The lowest BCUT2D eigenvalue weighted by molar-refractivity contribution is 0.0474. The van der Waals surface area contributed by atoms with Crippen LogP contribution in [0.1, 0.15) is 38.1 Å². The van der Waals surface area contributed by atoms with Gasteiger partial charge in [-0.1, -0.05) is 12.1 Å². The molecule has 0 fully saturated rings. The summed E-state index contributed by atoms with van der Waals surface area (Å²) in [7, 11) is 0. The lowest BCUT2D eigenvalue weighted by Gasteiger charge is -2.11. The van der Waals surface area contributed by atoms with Crippen LogP contribution < -0.4 is 0 Å². The zero-order valence-corrected chi connectivity index (χ0v) is 9.43. The second-order valence-corrected chi connectivity index (χ2v) is 4.20. The molecule has 0 aliphatic carbocycles. The smallest absolute Gasteiger partial charge is 0.167 e. The van der Waals surface area contributed by atoms with Gasteiger partial charge in [-0.25, -0.2) is 0 Å². The largest absolute Gasteiger partial charge is 0.382 e. The van der Waals surface area contributed by atoms with Crippen molar-refractivity contribution in [1.29, 1.82) is 10.5 Å². The molecule has 1 atom stereocenters. The maximum absolute atomic E-state index is 9.67. The van der Waals surface area contributed by atoms with Gasteiger partial charge in [0.15, 0.2) is 5.76 Å². The van der Waals surface area contributed by atoms with Crippen LogP contribution in [0.15, 0.2) is 10.6 Å². The van der Waals surface area contributed by atoms with E-state index in [1.54, 1.807) is 26.8 Å². The summed E-state index contributed by atoms with van der Waals surface area (Å²) in [5, 5.41) is 30.9. The third-order valence-electron chi connectivity index (χ3n) is 2.38. The van der Waals surface area contributed by atoms with Crippen LogP contribution in [-0.2, 0) is 5.60 Å². The van der Waals surface area contributed by atoms with Crippen molar-refractivity contribution in [3.63, 3.8) is 0 Å². The number of rotatable bonds is 3. The van der Waals surface area contributed by atoms with Gasteiger partial charge in [-0.2, -0.15) is 10.5 Å². The van der Waals surface area contributed by atoms with Crippen LogP contribution in [0, 0.1) is 28.6 Å². The van der Waals surface area contributed by atoms with E-state index < -0.39 is 11.5 Å². The minimum atomic E-state index is -1.11. The van der Waals surface area contributed by atoms with E-state index in [0.717, 1.165) is 0 Å². The van der Waals surface area contributed by atoms with Gasteiger partial charge >= 0.3 is 0 Å².